The molecule has 0 aromatic heterocycles. The monoisotopic (exact) mass is 349 g/mol. The highest BCUT2D eigenvalue weighted by Gasteiger charge is 2.38. The number of aliphatic carboxylic acids is 1. The zero-order chi connectivity index (χ0) is 17.8. The predicted molar refractivity (Wildman–Crippen MR) is 89.4 cm³/mol. The minimum Gasteiger partial charge on any atom is -0.479 e. The van der Waals surface area contributed by atoms with Gasteiger partial charge in [0.25, 0.3) is 5.91 Å². The molecule has 5 nitrogen and oxygen atoms in total. The quantitative estimate of drug-likeness (QED) is 0.887. The van der Waals surface area contributed by atoms with Crippen LogP contribution in [0.2, 0.25) is 0 Å². The molecule has 1 aliphatic heterocycles. The summed E-state index contributed by atoms with van der Waals surface area (Å²) in [6.45, 7) is 0.404. The Bertz CT molecular complexity index is 612. The van der Waals surface area contributed by atoms with Gasteiger partial charge in [-0.3, -0.25) is 4.79 Å². The summed E-state index contributed by atoms with van der Waals surface area (Å²) < 4.78 is 18.6. The minimum atomic E-state index is -1.02. The normalized spacial score (nSPS) is 24.2. The Hall–Kier alpha value is -1.95. The van der Waals surface area contributed by atoms with Gasteiger partial charge in [-0.25, -0.2) is 9.18 Å². The van der Waals surface area contributed by atoms with Crippen molar-refractivity contribution >= 4 is 11.9 Å². The van der Waals surface area contributed by atoms with Crippen molar-refractivity contribution in [3.05, 3.63) is 35.6 Å². The molecule has 3 rings (SSSR count). The maximum atomic E-state index is 13.1. The molecule has 1 aliphatic carbocycles. The Morgan fingerprint density at radius 3 is 2.28 bits per heavy atom. The fourth-order valence-corrected chi connectivity index (χ4v) is 3.75. The Balaban J connectivity index is 1.74. The Labute approximate surface area is 146 Å². The molecular weight excluding hydrogens is 325 g/mol. The average molecular weight is 349 g/mol. The third-order valence-corrected chi connectivity index (χ3v) is 5.14. The number of carboxylic acids is 1. The molecule has 136 valence electrons. The summed E-state index contributed by atoms with van der Waals surface area (Å²) >= 11 is 0. The Kier molecular flexibility index (Phi) is 5.68. The van der Waals surface area contributed by atoms with Gasteiger partial charge in [-0.1, -0.05) is 31.4 Å². The number of amides is 1. The van der Waals surface area contributed by atoms with E-state index >= 15 is 0 Å². The van der Waals surface area contributed by atoms with E-state index in [1.54, 1.807) is 12.1 Å². The van der Waals surface area contributed by atoms with Crippen molar-refractivity contribution in [2.45, 2.75) is 69.7 Å². The molecule has 1 saturated heterocycles. The number of hydrogen-bond acceptors (Lipinski definition) is 3. The highest BCUT2D eigenvalue weighted by Crippen LogP contribution is 2.28. The van der Waals surface area contributed by atoms with Crippen molar-refractivity contribution in [3.63, 3.8) is 0 Å². The zero-order valence-electron chi connectivity index (χ0n) is 14.2. The summed E-state index contributed by atoms with van der Waals surface area (Å²) in [5.74, 6) is -1.46. The lowest BCUT2D eigenvalue weighted by Crippen LogP contribution is -2.46. The molecule has 1 saturated carbocycles. The summed E-state index contributed by atoms with van der Waals surface area (Å²) in [4.78, 5) is 25.9. The number of carbonyl (C=O) groups excluding carboxylic acids is 1. The van der Waals surface area contributed by atoms with Crippen molar-refractivity contribution in [1.82, 2.24) is 4.90 Å². The van der Waals surface area contributed by atoms with Crippen LogP contribution in [0.3, 0.4) is 0 Å². The van der Waals surface area contributed by atoms with Crippen LogP contribution in [0.25, 0.3) is 0 Å². The number of halogens is 1. The van der Waals surface area contributed by atoms with Crippen LogP contribution in [0, 0.1) is 5.82 Å². The van der Waals surface area contributed by atoms with Crippen LogP contribution in [0.4, 0.5) is 4.39 Å². The second-order valence-electron chi connectivity index (χ2n) is 6.91. The number of hydrogen-bond donors (Lipinski definition) is 1. The molecule has 2 atom stereocenters. The maximum absolute atomic E-state index is 13.1. The standard InChI is InChI=1S/C19H24FNO4/c20-14-8-6-13(7-9-14)12-21(15-4-2-1-3-5-15)18(22)16-10-11-17(25-16)19(23)24/h6-9,15-17H,1-5,10-12H2,(H,23,24)/t16-,17+/m0/s1. The van der Waals surface area contributed by atoms with E-state index in [1.165, 1.54) is 18.6 Å². The number of carbonyl (C=O) groups is 2. The van der Waals surface area contributed by atoms with Crippen LogP contribution in [-0.4, -0.2) is 40.1 Å². The summed E-state index contributed by atoms with van der Waals surface area (Å²) in [7, 11) is 0. The first-order valence-corrected chi connectivity index (χ1v) is 8.98. The van der Waals surface area contributed by atoms with Crippen LogP contribution in [0.15, 0.2) is 24.3 Å². The van der Waals surface area contributed by atoms with Crippen molar-refractivity contribution < 1.29 is 23.8 Å². The number of nitrogens with zero attached hydrogens (tertiary/aromatic N) is 1. The number of ether oxygens (including phenoxy) is 1. The minimum absolute atomic E-state index is 0.138. The van der Waals surface area contributed by atoms with Gasteiger partial charge in [0.15, 0.2) is 6.10 Å². The Morgan fingerprint density at radius 2 is 1.68 bits per heavy atom. The number of benzene rings is 1. The molecule has 1 N–H and O–H groups in total. The van der Waals surface area contributed by atoms with E-state index in [0.29, 0.717) is 19.4 Å². The zero-order valence-corrected chi connectivity index (χ0v) is 14.2. The van der Waals surface area contributed by atoms with Crippen LogP contribution in [0.1, 0.15) is 50.5 Å². The van der Waals surface area contributed by atoms with Crippen molar-refractivity contribution in [2.24, 2.45) is 0 Å². The molecule has 0 spiro atoms. The van der Waals surface area contributed by atoms with Gasteiger partial charge in [-0.05, 0) is 43.4 Å². The molecule has 1 heterocycles. The van der Waals surface area contributed by atoms with Gasteiger partial charge < -0.3 is 14.7 Å². The molecule has 2 aliphatic rings. The van der Waals surface area contributed by atoms with E-state index in [0.717, 1.165) is 31.2 Å². The highest BCUT2D eigenvalue weighted by atomic mass is 19.1. The lowest BCUT2D eigenvalue weighted by Gasteiger charge is -2.36. The number of carboxylic acid groups (broad SMARTS) is 1. The summed E-state index contributed by atoms with van der Waals surface area (Å²) in [5.41, 5.74) is 0.869. The third-order valence-electron chi connectivity index (χ3n) is 5.14. The van der Waals surface area contributed by atoms with Gasteiger partial charge in [0.2, 0.25) is 0 Å². The van der Waals surface area contributed by atoms with E-state index in [2.05, 4.69) is 0 Å². The van der Waals surface area contributed by atoms with E-state index < -0.39 is 18.2 Å². The van der Waals surface area contributed by atoms with E-state index in [9.17, 15) is 14.0 Å². The van der Waals surface area contributed by atoms with Crippen molar-refractivity contribution in [2.75, 3.05) is 0 Å². The molecule has 1 amide bonds. The van der Waals surface area contributed by atoms with Crippen molar-refractivity contribution in [1.29, 1.82) is 0 Å². The summed E-state index contributed by atoms with van der Waals surface area (Å²) in [6.07, 6.45) is 4.45. The van der Waals surface area contributed by atoms with E-state index in [1.807, 2.05) is 4.90 Å². The van der Waals surface area contributed by atoms with Gasteiger partial charge in [0, 0.05) is 12.6 Å². The van der Waals surface area contributed by atoms with Crippen LogP contribution < -0.4 is 0 Å². The van der Waals surface area contributed by atoms with Crippen molar-refractivity contribution in [3.8, 4) is 0 Å². The Morgan fingerprint density at radius 1 is 1.04 bits per heavy atom. The van der Waals surface area contributed by atoms with Gasteiger partial charge in [-0.15, -0.1) is 0 Å². The first-order chi connectivity index (χ1) is 12.0. The number of rotatable bonds is 5. The van der Waals surface area contributed by atoms with E-state index in [-0.39, 0.29) is 17.8 Å². The maximum Gasteiger partial charge on any atom is 0.332 e. The van der Waals surface area contributed by atoms with Gasteiger partial charge in [-0.2, -0.15) is 0 Å². The van der Waals surface area contributed by atoms with Crippen LogP contribution in [0.5, 0.6) is 0 Å². The summed E-state index contributed by atoms with van der Waals surface area (Å²) in [5, 5.41) is 9.08. The van der Waals surface area contributed by atoms with Gasteiger partial charge in [0.05, 0.1) is 0 Å². The van der Waals surface area contributed by atoms with Gasteiger partial charge >= 0.3 is 5.97 Å². The second kappa shape index (κ2) is 7.95. The SMILES string of the molecule is O=C(O)[C@H]1CC[C@@H](C(=O)N(Cc2ccc(F)cc2)C2CCCCC2)O1. The molecular formula is C19H24FNO4. The fraction of sp³-hybridized carbons (Fsp3) is 0.579. The molecule has 2 fully saturated rings. The third kappa shape index (κ3) is 4.37. The molecule has 0 radical (unpaired) electrons. The lowest BCUT2D eigenvalue weighted by atomic mass is 9.93. The highest BCUT2D eigenvalue weighted by molar-refractivity contribution is 5.83. The molecule has 0 unspecified atom stereocenters. The molecule has 0 bridgehead atoms. The summed E-state index contributed by atoms with van der Waals surface area (Å²) in [6, 6.07) is 6.30. The second-order valence-corrected chi connectivity index (χ2v) is 6.91. The first kappa shape index (κ1) is 17.9. The smallest absolute Gasteiger partial charge is 0.332 e. The topological polar surface area (TPSA) is 66.8 Å². The average Bonchev–Trinajstić information content (AvgIpc) is 3.12. The van der Waals surface area contributed by atoms with Gasteiger partial charge in [0.1, 0.15) is 11.9 Å². The molecule has 1 aromatic carbocycles. The molecule has 25 heavy (non-hydrogen) atoms. The van der Waals surface area contributed by atoms with Crippen LogP contribution in [-0.2, 0) is 20.9 Å². The molecule has 1 aromatic rings. The predicted octanol–water partition coefficient (Wildman–Crippen LogP) is 3.12. The fourth-order valence-electron chi connectivity index (χ4n) is 3.75. The molecule has 6 heteroatoms. The van der Waals surface area contributed by atoms with Crippen LogP contribution >= 0.6 is 0 Å². The lowest BCUT2D eigenvalue weighted by molar-refractivity contribution is -0.156. The first-order valence-electron chi connectivity index (χ1n) is 8.98. The van der Waals surface area contributed by atoms with E-state index in [4.69, 9.17) is 9.84 Å². The largest absolute Gasteiger partial charge is 0.479 e.